The predicted octanol–water partition coefficient (Wildman–Crippen LogP) is 3.23. The third-order valence-corrected chi connectivity index (χ3v) is 3.34. The van der Waals surface area contributed by atoms with Crippen LogP contribution in [-0.4, -0.2) is 11.2 Å². The van der Waals surface area contributed by atoms with E-state index < -0.39 is 0 Å². The molecule has 1 aliphatic rings. The Balaban J connectivity index is 2.29. The Kier molecular flexibility index (Phi) is 3.49. The van der Waals surface area contributed by atoms with E-state index in [1.807, 2.05) is 18.2 Å². The Morgan fingerprint density at radius 1 is 1.50 bits per heavy atom. The van der Waals surface area contributed by atoms with E-state index >= 15 is 0 Å². The largest absolute Gasteiger partial charge is 0.490 e. The van der Waals surface area contributed by atoms with Gasteiger partial charge in [0.1, 0.15) is 5.75 Å². The van der Waals surface area contributed by atoms with Gasteiger partial charge in [0, 0.05) is 0 Å². The van der Waals surface area contributed by atoms with Crippen LogP contribution in [0.2, 0.25) is 0 Å². The molecule has 0 bridgehead atoms. The van der Waals surface area contributed by atoms with Gasteiger partial charge in [0.15, 0.2) is 0 Å². The molecule has 1 N–H and O–H groups in total. The molecule has 1 aromatic rings. The first-order chi connectivity index (χ1) is 7.72. The molecular weight excluding hydrogens is 200 g/mol. The minimum absolute atomic E-state index is 0.241. The molecule has 16 heavy (non-hydrogen) atoms. The van der Waals surface area contributed by atoms with Crippen molar-refractivity contribution in [2.75, 3.05) is 0 Å². The van der Waals surface area contributed by atoms with Crippen LogP contribution in [0.1, 0.15) is 50.3 Å². The summed E-state index contributed by atoms with van der Waals surface area (Å²) in [5.41, 5.74) is 2.27. The molecule has 0 saturated carbocycles. The summed E-state index contributed by atoms with van der Waals surface area (Å²) < 4.78 is 5.90. The van der Waals surface area contributed by atoms with Gasteiger partial charge in [-0.05, 0) is 49.8 Å². The van der Waals surface area contributed by atoms with Gasteiger partial charge in [-0.15, -0.1) is 0 Å². The smallest absolute Gasteiger partial charge is 0.123 e. The maximum absolute atomic E-state index is 9.92. The average molecular weight is 220 g/mol. The zero-order valence-electron chi connectivity index (χ0n) is 10.1. The fourth-order valence-electron chi connectivity index (χ4n) is 2.20. The summed E-state index contributed by atoms with van der Waals surface area (Å²) in [6, 6.07) is 6.01. The molecule has 0 amide bonds. The van der Waals surface area contributed by atoms with E-state index in [1.54, 1.807) is 0 Å². The van der Waals surface area contributed by atoms with Gasteiger partial charge in [-0.25, -0.2) is 0 Å². The second-order valence-corrected chi connectivity index (χ2v) is 4.57. The zero-order chi connectivity index (χ0) is 11.5. The molecule has 2 unspecified atom stereocenters. The Hall–Kier alpha value is -1.02. The monoisotopic (exact) mass is 220 g/mol. The lowest BCUT2D eigenvalue weighted by molar-refractivity contribution is 0.153. The molecule has 0 spiro atoms. The zero-order valence-corrected chi connectivity index (χ0v) is 10.1. The van der Waals surface area contributed by atoms with E-state index in [-0.39, 0.29) is 12.2 Å². The van der Waals surface area contributed by atoms with Crippen molar-refractivity contribution >= 4 is 0 Å². The van der Waals surface area contributed by atoms with E-state index in [4.69, 9.17) is 4.74 Å². The highest BCUT2D eigenvalue weighted by molar-refractivity contribution is 5.42. The number of hydrogen-bond acceptors (Lipinski definition) is 2. The molecule has 0 radical (unpaired) electrons. The number of rotatable bonds is 3. The molecule has 0 aliphatic heterocycles. The van der Waals surface area contributed by atoms with Crippen LogP contribution < -0.4 is 4.74 Å². The van der Waals surface area contributed by atoms with Crippen LogP contribution in [0.25, 0.3) is 0 Å². The second kappa shape index (κ2) is 4.88. The van der Waals surface area contributed by atoms with Crippen LogP contribution >= 0.6 is 0 Å². The van der Waals surface area contributed by atoms with Crippen LogP contribution in [0.5, 0.6) is 5.75 Å². The van der Waals surface area contributed by atoms with Crippen molar-refractivity contribution in [1.82, 2.24) is 0 Å². The number of benzene rings is 1. The Morgan fingerprint density at radius 2 is 2.31 bits per heavy atom. The van der Waals surface area contributed by atoms with E-state index in [1.165, 1.54) is 5.56 Å². The van der Waals surface area contributed by atoms with Crippen LogP contribution in [0.15, 0.2) is 18.2 Å². The summed E-state index contributed by atoms with van der Waals surface area (Å²) in [6.45, 7) is 4.20. The van der Waals surface area contributed by atoms with Crippen LogP contribution in [0, 0.1) is 0 Å². The highest BCUT2D eigenvalue weighted by atomic mass is 16.5. The molecule has 0 aromatic heterocycles. The lowest BCUT2D eigenvalue weighted by Gasteiger charge is -2.25. The van der Waals surface area contributed by atoms with Gasteiger partial charge in [-0.1, -0.05) is 19.1 Å². The second-order valence-electron chi connectivity index (χ2n) is 4.57. The molecule has 2 atom stereocenters. The van der Waals surface area contributed by atoms with E-state index in [0.29, 0.717) is 0 Å². The van der Waals surface area contributed by atoms with E-state index in [2.05, 4.69) is 13.8 Å². The SMILES string of the molecule is CCC(C)Oc1cccc2c1CCCC2O. The number of hydrogen-bond donors (Lipinski definition) is 1. The molecule has 0 heterocycles. The highest BCUT2D eigenvalue weighted by Crippen LogP contribution is 2.35. The summed E-state index contributed by atoms with van der Waals surface area (Å²) in [4.78, 5) is 0. The third-order valence-electron chi connectivity index (χ3n) is 3.34. The van der Waals surface area contributed by atoms with E-state index in [0.717, 1.165) is 37.0 Å². The summed E-state index contributed by atoms with van der Waals surface area (Å²) in [7, 11) is 0. The van der Waals surface area contributed by atoms with Crippen molar-refractivity contribution in [3.8, 4) is 5.75 Å². The fourth-order valence-corrected chi connectivity index (χ4v) is 2.20. The van der Waals surface area contributed by atoms with Crippen LogP contribution in [0.3, 0.4) is 0 Å². The lowest BCUT2D eigenvalue weighted by Crippen LogP contribution is -2.15. The van der Waals surface area contributed by atoms with Crippen molar-refractivity contribution < 1.29 is 9.84 Å². The molecule has 2 nitrogen and oxygen atoms in total. The summed E-state index contributed by atoms with van der Waals surface area (Å²) in [6.07, 6.45) is 3.90. The standard InChI is InChI=1S/C14H20O2/c1-3-10(2)16-14-9-5-6-11-12(14)7-4-8-13(11)15/h5-6,9-10,13,15H,3-4,7-8H2,1-2H3. The van der Waals surface area contributed by atoms with Crippen LogP contribution in [0.4, 0.5) is 0 Å². The normalized spacial score (nSPS) is 21.3. The Labute approximate surface area is 97.3 Å². The molecule has 2 rings (SSSR count). The maximum atomic E-state index is 9.92. The van der Waals surface area contributed by atoms with Gasteiger partial charge in [-0.2, -0.15) is 0 Å². The molecule has 1 aliphatic carbocycles. The number of aliphatic hydroxyl groups excluding tert-OH is 1. The Morgan fingerprint density at radius 3 is 3.06 bits per heavy atom. The molecular formula is C14H20O2. The topological polar surface area (TPSA) is 29.5 Å². The molecule has 0 fully saturated rings. The fraction of sp³-hybridized carbons (Fsp3) is 0.571. The van der Waals surface area contributed by atoms with E-state index in [9.17, 15) is 5.11 Å². The summed E-state index contributed by atoms with van der Waals surface area (Å²) in [5.74, 6) is 0.964. The molecule has 2 heteroatoms. The third kappa shape index (κ3) is 2.22. The first-order valence-corrected chi connectivity index (χ1v) is 6.19. The lowest BCUT2D eigenvalue weighted by atomic mass is 9.89. The van der Waals surface area contributed by atoms with Gasteiger partial charge in [0.05, 0.1) is 12.2 Å². The van der Waals surface area contributed by atoms with Crippen LogP contribution in [-0.2, 0) is 6.42 Å². The van der Waals surface area contributed by atoms with Crippen molar-refractivity contribution in [3.05, 3.63) is 29.3 Å². The van der Waals surface area contributed by atoms with Gasteiger partial charge >= 0.3 is 0 Å². The molecule has 0 saturated heterocycles. The minimum Gasteiger partial charge on any atom is -0.490 e. The summed E-state index contributed by atoms with van der Waals surface area (Å²) >= 11 is 0. The average Bonchev–Trinajstić information content (AvgIpc) is 2.30. The summed E-state index contributed by atoms with van der Waals surface area (Å²) in [5, 5.41) is 9.92. The van der Waals surface area contributed by atoms with Gasteiger partial charge in [0.25, 0.3) is 0 Å². The predicted molar refractivity (Wildman–Crippen MR) is 64.7 cm³/mol. The maximum Gasteiger partial charge on any atom is 0.123 e. The van der Waals surface area contributed by atoms with Crippen molar-refractivity contribution in [3.63, 3.8) is 0 Å². The quantitative estimate of drug-likeness (QED) is 0.847. The number of aliphatic hydroxyl groups is 1. The number of fused-ring (bicyclic) bond motifs is 1. The first kappa shape index (κ1) is 11.5. The Bertz CT molecular complexity index is 360. The minimum atomic E-state index is -0.302. The van der Waals surface area contributed by atoms with Crippen molar-refractivity contribution in [2.24, 2.45) is 0 Å². The van der Waals surface area contributed by atoms with Gasteiger partial charge in [0.2, 0.25) is 0 Å². The number of ether oxygens (including phenoxy) is 1. The van der Waals surface area contributed by atoms with Crippen molar-refractivity contribution in [2.45, 2.75) is 51.7 Å². The molecule has 1 aromatic carbocycles. The van der Waals surface area contributed by atoms with Crippen molar-refractivity contribution in [1.29, 1.82) is 0 Å². The highest BCUT2D eigenvalue weighted by Gasteiger charge is 2.21. The van der Waals surface area contributed by atoms with Gasteiger partial charge in [-0.3, -0.25) is 0 Å². The van der Waals surface area contributed by atoms with Gasteiger partial charge < -0.3 is 9.84 Å². The molecule has 88 valence electrons. The first-order valence-electron chi connectivity index (χ1n) is 6.19.